The number of nitrogens with zero attached hydrogens (tertiary/aromatic N) is 2. The molecule has 1 rings (SSSR count). The molecule has 1 saturated carbocycles. The lowest BCUT2D eigenvalue weighted by molar-refractivity contribution is -0.134. The summed E-state index contributed by atoms with van der Waals surface area (Å²) in [6.45, 7) is -0.0325. The van der Waals surface area contributed by atoms with Gasteiger partial charge in [0.25, 0.3) is 0 Å². The van der Waals surface area contributed by atoms with Crippen LogP contribution in [0.2, 0.25) is 0 Å². The molecule has 100 valence electrons. The molecule has 5 heteroatoms. The number of hydrogen-bond donors (Lipinski definition) is 1. The maximum absolute atomic E-state index is 12.1. The molecule has 0 aromatic heterocycles. The lowest BCUT2D eigenvalue weighted by Gasteiger charge is -2.23. The number of amides is 2. The zero-order valence-electron chi connectivity index (χ0n) is 11.2. The molecule has 0 aliphatic heterocycles. The third-order valence-corrected chi connectivity index (χ3v) is 3.50. The van der Waals surface area contributed by atoms with Gasteiger partial charge < -0.3 is 10.2 Å². The SMILES string of the molecule is CN(C)C(=O)CNC(=O)C1(C#N)CCCCCC1. The fourth-order valence-corrected chi connectivity index (χ4v) is 2.20. The van der Waals surface area contributed by atoms with Crippen molar-refractivity contribution in [3.05, 3.63) is 0 Å². The Balaban J connectivity index is 2.62. The molecule has 0 radical (unpaired) electrons. The van der Waals surface area contributed by atoms with Gasteiger partial charge in [-0.3, -0.25) is 9.59 Å². The predicted molar refractivity (Wildman–Crippen MR) is 67.5 cm³/mol. The first-order valence-electron chi connectivity index (χ1n) is 6.41. The van der Waals surface area contributed by atoms with Gasteiger partial charge in [-0.25, -0.2) is 0 Å². The molecule has 0 saturated heterocycles. The molecule has 18 heavy (non-hydrogen) atoms. The van der Waals surface area contributed by atoms with Crippen LogP contribution in [0, 0.1) is 16.7 Å². The first kappa shape index (κ1) is 14.5. The van der Waals surface area contributed by atoms with Gasteiger partial charge in [0.05, 0.1) is 12.6 Å². The van der Waals surface area contributed by atoms with Crippen molar-refractivity contribution >= 4 is 11.8 Å². The Morgan fingerprint density at radius 3 is 2.22 bits per heavy atom. The minimum atomic E-state index is -0.927. The van der Waals surface area contributed by atoms with Gasteiger partial charge in [0.2, 0.25) is 11.8 Å². The smallest absolute Gasteiger partial charge is 0.241 e. The van der Waals surface area contributed by atoms with Gasteiger partial charge in [-0.05, 0) is 12.8 Å². The van der Waals surface area contributed by atoms with E-state index in [9.17, 15) is 14.9 Å². The van der Waals surface area contributed by atoms with Gasteiger partial charge in [0, 0.05) is 14.1 Å². The average Bonchev–Trinajstić information content (AvgIpc) is 2.61. The molecule has 1 N–H and O–H groups in total. The lowest BCUT2D eigenvalue weighted by Crippen LogP contribution is -2.44. The highest BCUT2D eigenvalue weighted by Gasteiger charge is 2.38. The maximum Gasteiger partial charge on any atom is 0.241 e. The molecule has 0 bridgehead atoms. The highest BCUT2D eigenvalue weighted by Crippen LogP contribution is 2.34. The molecule has 0 atom stereocenters. The van der Waals surface area contributed by atoms with E-state index in [0.29, 0.717) is 12.8 Å². The normalized spacial score (nSPS) is 18.3. The molecule has 0 heterocycles. The van der Waals surface area contributed by atoms with Crippen molar-refractivity contribution < 1.29 is 9.59 Å². The molecule has 0 aromatic rings. The first-order valence-corrected chi connectivity index (χ1v) is 6.41. The predicted octanol–water partition coefficient (Wildman–Crippen LogP) is 1.05. The van der Waals surface area contributed by atoms with Crippen LogP contribution in [0.3, 0.4) is 0 Å². The van der Waals surface area contributed by atoms with E-state index in [2.05, 4.69) is 11.4 Å². The van der Waals surface area contributed by atoms with Crippen LogP contribution in [0.4, 0.5) is 0 Å². The van der Waals surface area contributed by atoms with Crippen molar-refractivity contribution in [2.75, 3.05) is 20.6 Å². The van der Waals surface area contributed by atoms with E-state index in [1.165, 1.54) is 4.90 Å². The van der Waals surface area contributed by atoms with Crippen LogP contribution in [0.25, 0.3) is 0 Å². The molecule has 0 spiro atoms. The van der Waals surface area contributed by atoms with Crippen LogP contribution in [0.5, 0.6) is 0 Å². The van der Waals surface area contributed by atoms with Crippen LogP contribution in [0.1, 0.15) is 38.5 Å². The summed E-state index contributed by atoms with van der Waals surface area (Å²) >= 11 is 0. The molecular weight excluding hydrogens is 230 g/mol. The molecule has 1 aliphatic carbocycles. The molecule has 0 unspecified atom stereocenters. The summed E-state index contributed by atoms with van der Waals surface area (Å²) in [5, 5.41) is 11.9. The topological polar surface area (TPSA) is 73.2 Å². The summed E-state index contributed by atoms with van der Waals surface area (Å²) in [5.41, 5.74) is -0.927. The van der Waals surface area contributed by atoms with Crippen LogP contribution < -0.4 is 5.32 Å². The van der Waals surface area contributed by atoms with E-state index < -0.39 is 5.41 Å². The van der Waals surface area contributed by atoms with Crippen LogP contribution in [0.15, 0.2) is 0 Å². The van der Waals surface area contributed by atoms with Gasteiger partial charge in [-0.1, -0.05) is 25.7 Å². The van der Waals surface area contributed by atoms with Gasteiger partial charge in [-0.2, -0.15) is 5.26 Å². The Hall–Kier alpha value is -1.57. The Kier molecular flexibility index (Phi) is 5.14. The van der Waals surface area contributed by atoms with E-state index >= 15 is 0 Å². The fraction of sp³-hybridized carbons (Fsp3) is 0.769. The standard InChI is InChI=1S/C13H21N3O2/c1-16(2)11(17)9-15-12(18)13(10-14)7-5-3-4-6-8-13/h3-9H2,1-2H3,(H,15,18). The Labute approximate surface area is 108 Å². The number of nitrogens with one attached hydrogen (secondary N) is 1. The maximum atomic E-state index is 12.1. The van der Waals surface area contributed by atoms with Crippen molar-refractivity contribution in [3.8, 4) is 6.07 Å². The number of rotatable bonds is 3. The molecule has 0 aromatic carbocycles. The summed E-state index contributed by atoms with van der Waals surface area (Å²) < 4.78 is 0. The van der Waals surface area contributed by atoms with Crippen LogP contribution >= 0.6 is 0 Å². The number of carbonyl (C=O) groups excluding carboxylic acids is 2. The fourth-order valence-electron chi connectivity index (χ4n) is 2.20. The van der Waals surface area contributed by atoms with Crippen molar-refractivity contribution in [2.45, 2.75) is 38.5 Å². The van der Waals surface area contributed by atoms with E-state index in [-0.39, 0.29) is 18.4 Å². The van der Waals surface area contributed by atoms with E-state index in [4.69, 9.17) is 0 Å². The van der Waals surface area contributed by atoms with E-state index in [0.717, 1.165) is 25.7 Å². The molecule has 2 amide bonds. The average molecular weight is 251 g/mol. The second-order valence-corrected chi connectivity index (χ2v) is 5.08. The Morgan fingerprint density at radius 2 is 1.78 bits per heavy atom. The van der Waals surface area contributed by atoms with Gasteiger partial charge in [0.1, 0.15) is 5.41 Å². The number of carbonyl (C=O) groups is 2. The largest absolute Gasteiger partial charge is 0.347 e. The summed E-state index contributed by atoms with van der Waals surface area (Å²) in [5.74, 6) is -0.452. The summed E-state index contributed by atoms with van der Waals surface area (Å²) in [6, 6.07) is 2.17. The summed E-state index contributed by atoms with van der Waals surface area (Å²) in [6.07, 6.45) is 5.17. The van der Waals surface area contributed by atoms with Crippen LogP contribution in [-0.4, -0.2) is 37.4 Å². The van der Waals surface area contributed by atoms with Crippen molar-refractivity contribution in [1.29, 1.82) is 5.26 Å². The molecule has 1 aliphatic rings. The lowest BCUT2D eigenvalue weighted by atomic mass is 9.81. The number of hydrogen-bond acceptors (Lipinski definition) is 3. The van der Waals surface area contributed by atoms with Gasteiger partial charge in [0.15, 0.2) is 0 Å². The zero-order valence-corrected chi connectivity index (χ0v) is 11.2. The van der Waals surface area contributed by atoms with Crippen LogP contribution in [-0.2, 0) is 9.59 Å². The monoisotopic (exact) mass is 251 g/mol. The third kappa shape index (κ3) is 3.46. The highest BCUT2D eigenvalue weighted by atomic mass is 16.2. The Bertz CT molecular complexity index is 350. The molecule has 1 fully saturated rings. The zero-order chi connectivity index (χ0) is 13.6. The highest BCUT2D eigenvalue weighted by molar-refractivity contribution is 5.89. The van der Waals surface area contributed by atoms with Gasteiger partial charge in [-0.15, -0.1) is 0 Å². The van der Waals surface area contributed by atoms with Crippen molar-refractivity contribution in [3.63, 3.8) is 0 Å². The Morgan fingerprint density at radius 1 is 1.22 bits per heavy atom. The first-order chi connectivity index (χ1) is 8.52. The quantitative estimate of drug-likeness (QED) is 0.762. The summed E-state index contributed by atoms with van der Waals surface area (Å²) in [7, 11) is 3.28. The van der Waals surface area contributed by atoms with Crippen molar-refractivity contribution in [2.24, 2.45) is 5.41 Å². The minimum absolute atomic E-state index is 0.0325. The van der Waals surface area contributed by atoms with Gasteiger partial charge >= 0.3 is 0 Å². The van der Waals surface area contributed by atoms with E-state index in [1.54, 1.807) is 14.1 Å². The second kappa shape index (κ2) is 6.39. The number of nitriles is 1. The second-order valence-electron chi connectivity index (χ2n) is 5.08. The van der Waals surface area contributed by atoms with E-state index in [1.807, 2.05) is 0 Å². The number of likely N-dealkylation sites (N-methyl/N-ethyl adjacent to an activating group) is 1. The minimum Gasteiger partial charge on any atom is -0.347 e. The third-order valence-electron chi connectivity index (χ3n) is 3.50. The van der Waals surface area contributed by atoms with Crippen molar-refractivity contribution in [1.82, 2.24) is 10.2 Å². The molecular formula is C13H21N3O2. The molecule has 5 nitrogen and oxygen atoms in total. The summed E-state index contributed by atoms with van der Waals surface area (Å²) in [4.78, 5) is 25.0.